The second kappa shape index (κ2) is 5.31. The van der Waals surface area contributed by atoms with Crippen LogP contribution in [0.25, 0.3) is 0 Å². The minimum absolute atomic E-state index is 0.0522. The quantitative estimate of drug-likeness (QED) is 0.840. The molecule has 1 aliphatic carbocycles. The first-order valence-electron chi connectivity index (χ1n) is 6.08. The van der Waals surface area contributed by atoms with Gasteiger partial charge in [-0.2, -0.15) is 0 Å². The average molecular weight is 237 g/mol. The highest BCUT2D eigenvalue weighted by Gasteiger charge is 2.26. The Morgan fingerprint density at radius 2 is 2.24 bits per heavy atom. The van der Waals surface area contributed by atoms with Gasteiger partial charge in [0.2, 0.25) is 0 Å². The zero-order valence-electron chi connectivity index (χ0n) is 10.3. The van der Waals surface area contributed by atoms with E-state index in [0.29, 0.717) is 6.04 Å². The first-order valence-corrected chi connectivity index (χ1v) is 6.08. The highest BCUT2D eigenvalue weighted by Crippen LogP contribution is 2.21. The van der Waals surface area contributed by atoms with Crippen molar-refractivity contribution in [3.8, 4) is 5.88 Å². The van der Waals surface area contributed by atoms with Crippen LogP contribution < -0.4 is 15.6 Å². The second-order valence-electron chi connectivity index (χ2n) is 4.48. The van der Waals surface area contributed by atoms with E-state index in [-0.39, 0.29) is 17.5 Å². The molecule has 5 nitrogen and oxygen atoms in total. The summed E-state index contributed by atoms with van der Waals surface area (Å²) in [5.74, 6) is 0.210. The van der Waals surface area contributed by atoms with Crippen LogP contribution in [0.5, 0.6) is 5.88 Å². The zero-order chi connectivity index (χ0) is 12.3. The molecule has 0 aliphatic heterocycles. The van der Waals surface area contributed by atoms with Crippen molar-refractivity contribution in [2.24, 2.45) is 7.05 Å². The van der Waals surface area contributed by atoms with E-state index in [2.05, 4.69) is 10.3 Å². The molecule has 2 rings (SSSR count). The van der Waals surface area contributed by atoms with Crippen LogP contribution >= 0.6 is 0 Å². The van der Waals surface area contributed by atoms with E-state index < -0.39 is 0 Å². The summed E-state index contributed by atoms with van der Waals surface area (Å²) in [6.07, 6.45) is 7.71. The van der Waals surface area contributed by atoms with Gasteiger partial charge in [0.25, 0.3) is 5.88 Å². The van der Waals surface area contributed by atoms with Crippen molar-refractivity contribution >= 4 is 0 Å². The molecule has 0 amide bonds. The number of rotatable bonds is 3. The molecule has 2 atom stereocenters. The van der Waals surface area contributed by atoms with E-state index in [1.807, 2.05) is 7.05 Å². The Bertz CT molecular complexity index is 430. The summed E-state index contributed by atoms with van der Waals surface area (Å²) in [7, 11) is 3.64. The number of nitrogens with one attached hydrogen (secondary N) is 1. The van der Waals surface area contributed by atoms with Crippen molar-refractivity contribution in [1.82, 2.24) is 14.9 Å². The molecule has 1 heterocycles. The topological polar surface area (TPSA) is 56.1 Å². The van der Waals surface area contributed by atoms with Crippen LogP contribution in [0.3, 0.4) is 0 Å². The molecule has 0 bridgehead atoms. The van der Waals surface area contributed by atoms with E-state index in [0.717, 1.165) is 19.3 Å². The Morgan fingerprint density at radius 1 is 1.47 bits per heavy atom. The molecular weight excluding hydrogens is 218 g/mol. The van der Waals surface area contributed by atoms with E-state index in [9.17, 15) is 4.79 Å². The third kappa shape index (κ3) is 2.66. The van der Waals surface area contributed by atoms with Crippen LogP contribution in [0.2, 0.25) is 0 Å². The lowest BCUT2D eigenvalue weighted by atomic mass is 9.92. The lowest BCUT2D eigenvalue weighted by Crippen LogP contribution is -2.44. The normalized spacial score (nSPS) is 24.6. The SMILES string of the molecule is CNC1CCCCC1Oc1nccn(C)c1=O. The Hall–Kier alpha value is -1.36. The van der Waals surface area contributed by atoms with Gasteiger partial charge in [0.1, 0.15) is 6.10 Å². The van der Waals surface area contributed by atoms with Crippen molar-refractivity contribution in [3.05, 3.63) is 22.7 Å². The van der Waals surface area contributed by atoms with Gasteiger partial charge in [0.15, 0.2) is 0 Å². The summed E-state index contributed by atoms with van der Waals surface area (Å²) in [6, 6.07) is 0.315. The molecule has 5 heteroatoms. The Balaban J connectivity index is 2.14. The first-order chi connectivity index (χ1) is 8.22. The molecule has 1 aromatic rings. The zero-order valence-corrected chi connectivity index (χ0v) is 10.3. The van der Waals surface area contributed by atoms with Crippen molar-refractivity contribution in [2.75, 3.05) is 7.05 Å². The van der Waals surface area contributed by atoms with Gasteiger partial charge in [0, 0.05) is 25.5 Å². The predicted octanol–water partition coefficient (Wildman–Crippen LogP) is 0.690. The lowest BCUT2D eigenvalue weighted by molar-refractivity contribution is 0.110. The second-order valence-corrected chi connectivity index (χ2v) is 4.48. The fraction of sp³-hybridized carbons (Fsp3) is 0.667. The highest BCUT2D eigenvalue weighted by molar-refractivity contribution is 5.05. The molecule has 1 N–H and O–H groups in total. The summed E-state index contributed by atoms with van der Waals surface area (Å²) >= 11 is 0. The van der Waals surface area contributed by atoms with Crippen molar-refractivity contribution in [1.29, 1.82) is 0 Å². The molecule has 1 aliphatic rings. The Morgan fingerprint density at radius 3 is 3.00 bits per heavy atom. The van der Waals surface area contributed by atoms with Crippen molar-refractivity contribution < 1.29 is 4.74 Å². The molecule has 0 spiro atoms. The molecule has 2 unspecified atom stereocenters. The van der Waals surface area contributed by atoms with E-state index >= 15 is 0 Å². The smallest absolute Gasteiger partial charge is 0.313 e. The largest absolute Gasteiger partial charge is 0.469 e. The first kappa shape index (κ1) is 12.1. The third-order valence-corrected chi connectivity index (χ3v) is 3.32. The number of hydrogen-bond donors (Lipinski definition) is 1. The fourth-order valence-corrected chi connectivity index (χ4v) is 2.27. The monoisotopic (exact) mass is 237 g/mol. The number of hydrogen-bond acceptors (Lipinski definition) is 4. The Labute approximate surface area is 101 Å². The number of likely N-dealkylation sites (N-methyl/N-ethyl adjacent to an activating group) is 1. The molecule has 1 fully saturated rings. The summed E-state index contributed by atoms with van der Waals surface area (Å²) < 4.78 is 7.25. The number of aryl methyl sites for hydroxylation is 1. The van der Waals surface area contributed by atoms with Gasteiger partial charge in [0.05, 0.1) is 0 Å². The molecule has 0 saturated heterocycles. The maximum absolute atomic E-state index is 11.8. The number of nitrogens with zero attached hydrogens (tertiary/aromatic N) is 2. The number of aromatic nitrogens is 2. The van der Waals surface area contributed by atoms with Crippen LogP contribution in [0.4, 0.5) is 0 Å². The van der Waals surface area contributed by atoms with Crippen molar-refractivity contribution in [3.63, 3.8) is 0 Å². The van der Waals surface area contributed by atoms with Gasteiger partial charge in [-0.05, 0) is 26.3 Å². The van der Waals surface area contributed by atoms with Crippen molar-refractivity contribution in [2.45, 2.75) is 37.8 Å². The maximum atomic E-state index is 11.8. The molecule has 1 saturated carbocycles. The van der Waals surface area contributed by atoms with E-state index in [1.54, 1.807) is 19.4 Å². The molecule has 94 valence electrons. The Kier molecular flexibility index (Phi) is 3.78. The molecule has 0 aromatic carbocycles. The van der Waals surface area contributed by atoms with Gasteiger partial charge in [-0.1, -0.05) is 6.42 Å². The number of ether oxygens (including phenoxy) is 1. The van der Waals surface area contributed by atoms with Gasteiger partial charge in [-0.25, -0.2) is 4.98 Å². The lowest BCUT2D eigenvalue weighted by Gasteiger charge is -2.30. The molecule has 1 aromatic heterocycles. The maximum Gasteiger partial charge on any atom is 0.313 e. The minimum atomic E-state index is -0.173. The summed E-state index contributed by atoms with van der Waals surface area (Å²) in [6.45, 7) is 0. The average Bonchev–Trinajstić information content (AvgIpc) is 2.35. The third-order valence-electron chi connectivity index (χ3n) is 3.32. The molecule has 17 heavy (non-hydrogen) atoms. The predicted molar refractivity (Wildman–Crippen MR) is 65.2 cm³/mol. The van der Waals surface area contributed by atoms with E-state index in [1.165, 1.54) is 11.0 Å². The summed E-state index contributed by atoms with van der Waals surface area (Å²) in [5.41, 5.74) is -0.173. The fourth-order valence-electron chi connectivity index (χ4n) is 2.27. The van der Waals surface area contributed by atoms with Crippen LogP contribution in [-0.4, -0.2) is 28.7 Å². The van der Waals surface area contributed by atoms with Crippen LogP contribution in [0.1, 0.15) is 25.7 Å². The standard InChI is InChI=1S/C12H19N3O2/c1-13-9-5-3-4-6-10(9)17-11-12(16)15(2)8-7-14-11/h7-10,13H,3-6H2,1-2H3. The van der Waals surface area contributed by atoms with Crippen LogP contribution in [0, 0.1) is 0 Å². The van der Waals surface area contributed by atoms with E-state index in [4.69, 9.17) is 4.74 Å². The van der Waals surface area contributed by atoms with Gasteiger partial charge in [-0.15, -0.1) is 0 Å². The van der Waals surface area contributed by atoms with Crippen LogP contribution in [0.15, 0.2) is 17.2 Å². The van der Waals surface area contributed by atoms with Crippen LogP contribution in [-0.2, 0) is 7.05 Å². The minimum Gasteiger partial charge on any atom is -0.469 e. The highest BCUT2D eigenvalue weighted by atomic mass is 16.5. The van der Waals surface area contributed by atoms with Gasteiger partial charge in [-0.3, -0.25) is 4.79 Å². The summed E-state index contributed by atoms with van der Waals surface area (Å²) in [4.78, 5) is 15.8. The molecular formula is C12H19N3O2. The summed E-state index contributed by atoms with van der Waals surface area (Å²) in [5, 5.41) is 3.25. The van der Waals surface area contributed by atoms with Gasteiger partial charge >= 0.3 is 5.56 Å². The molecule has 0 radical (unpaired) electrons. The van der Waals surface area contributed by atoms with Gasteiger partial charge < -0.3 is 14.6 Å².